The number of nitrogens with zero attached hydrogens (tertiary/aromatic N) is 2. The van der Waals surface area contributed by atoms with Gasteiger partial charge in [0.15, 0.2) is 0 Å². The van der Waals surface area contributed by atoms with E-state index < -0.39 is 10.0 Å². The molecule has 5 heteroatoms. The second-order valence-electron chi connectivity index (χ2n) is 7.21. The fourth-order valence-corrected chi connectivity index (χ4v) is 5.66. The van der Waals surface area contributed by atoms with Gasteiger partial charge in [-0.25, -0.2) is 8.42 Å². The smallest absolute Gasteiger partial charge is 0.243 e. The van der Waals surface area contributed by atoms with Crippen LogP contribution < -0.4 is 0 Å². The van der Waals surface area contributed by atoms with E-state index in [2.05, 4.69) is 29.2 Å². The molecule has 1 fully saturated rings. The molecule has 0 bridgehead atoms. The first kappa shape index (κ1) is 19.1. The highest BCUT2D eigenvalue weighted by Crippen LogP contribution is 2.26. The van der Waals surface area contributed by atoms with Gasteiger partial charge in [0.1, 0.15) is 0 Å². The van der Waals surface area contributed by atoms with Gasteiger partial charge in [0, 0.05) is 32.7 Å². The van der Waals surface area contributed by atoms with Crippen LogP contribution in [0.1, 0.15) is 22.3 Å². The maximum absolute atomic E-state index is 13.1. The van der Waals surface area contributed by atoms with Crippen molar-refractivity contribution in [3.63, 3.8) is 0 Å². The number of benzene rings is 2. The monoisotopic (exact) mass is 372 g/mol. The van der Waals surface area contributed by atoms with Gasteiger partial charge in [-0.2, -0.15) is 4.31 Å². The van der Waals surface area contributed by atoms with E-state index in [-0.39, 0.29) is 0 Å². The largest absolute Gasteiger partial charge is 0.300 e. The van der Waals surface area contributed by atoms with Gasteiger partial charge >= 0.3 is 0 Å². The highest BCUT2D eigenvalue weighted by Gasteiger charge is 2.30. The maximum Gasteiger partial charge on any atom is 0.243 e. The molecular weight excluding hydrogens is 344 g/mol. The van der Waals surface area contributed by atoms with Crippen LogP contribution in [0.2, 0.25) is 0 Å². The van der Waals surface area contributed by atoms with Crippen molar-refractivity contribution in [3.8, 4) is 0 Å². The van der Waals surface area contributed by atoms with Gasteiger partial charge in [-0.1, -0.05) is 48.0 Å². The van der Waals surface area contributed by atoms with Crippen LogP contribution in [-0.4, -0.2) is 50.3 Å². The molecule has 0 aliphatic carbocycles. The van der Waals surface area contributed by atoms with E-state index >= 15 is 0 Å². The van der Waals surface area contributed by atoms with Crippen LogP contribution in [-0.2, 0) is 16.4 Å². The normalized spacial score (nSPS) is 16.7. The topological polar surface area (TPSA) is 40.6 Å². The molecule has 0 radical (unpaired) electrons. The van der Waals surface area contributed by atoms with E-state index in [4.69, 9.17) is 0 Å². The SMILES string of the molecule is Cc1cc(C)c(S(=O)(=O)N2CCN(CCc3ccccc3)CC2)c(C)c1. The minimum Gasteiger partial charge on any atom is -0.300 e. The van der Waals surface area contributed by atoms with Gasteiger partial charge in [0.05, 0.1) is 4.90 Å². The zero-order chi connectivity index (χ0) is 18.7. The number of piperazine rings is 1. The summed E-state index contributed by atoms with van der Waals surface area (Å²) in [5.74, 6) is 0. The molecule has 4 nitrogen and oxygen atoms in total. The summed E-state index contributed by atoms with van der Waals surface area (Å²) < 4.78 is 27.9. The summed E-state index contributed by atoms with van der Waals surface area (Å²) in [6.07, 6.45) is 1.00. The standard InChI is InChI=1S/C21H28N2O2S/c1-17-15-18(2)21(19(3)16-17)26(24,25)23-13-11-22(12-14-23)10-9-20-7-5-4-6-8-20/h4-8,15-16H,9-14H2,1-3H3. The molecule has 0 aromatic heterocycles. The third kappa shape index (κ3) is 4.17. The van der Waals surface area contributed by atoms with Crippen LogP contribution in [0, 0.1) is 20.8 Å². The number of hydrogen-bond donors (Lipinski definition) is 0. The van der Waals surface area contributed by atoms with Crippen LogP contribution >= 0.6 is 0 Å². The Labute approximate surface area is 157 Å². The van der Waals surface area contributed by atoms with E-state index in [1.54, 1.807) is 4.31 Å². The van der Waals surface area contributed by atoms with Gasteiger partial charge in [0.25, 0.3) is 0 Å². The molecule has 1 aliphatic rings. The average Bonchev–Trinajstić information content (AvgIpc) is 2.60. The number of rotatable bonds is 5. The molecular formula is C21H28N2O2S. The lowest BCUT2D eigenvalue weighted by molar-refractivity contribution is 0.190. The van der Waals surface area contributed by atoms with E-state index in [0.29, 0.717) is 18.0 Å². The minimum absolute atomic E-state index is 0.487. The van der Waals surface area contributed by atoms with Gasteiger partial charge < -0.3 is 4.90 Å². The number of sulfonamides is 1. The van der Waals surface area contributed by atoms with Gasteiger partial charge in [-0.15, -0.1) is 0 Å². The number of hydrogen-bond acceptors (Lipinski definition) is 3. The molecule has 1 saturated heterocycles. The average molecular weight is 373 g/mol. The van der Waals surface area contributed by atoms with Crippen molar-refractivity contribution >= 4 is 10.0 Å². The first-order chi connectivity index (χ1) is 12.4. The molecule has 2 aromatic rings. The molecule has 3 rings (SSSR count). The molecule has 0 N–H and O–H groups in total. The van der Waals surface area contributed by atoms with Crippen LogP contribution in [0.4, 0.5) is 0 Å². The summed E-state index contributed by atoms with van der Waals surface area (Å²) in [6.45, 7) is 9.45. The molecule has 0 unspecified atom stereocenters. The highest BCUT2D eigenvalue weighted by molar-refractivity contribution is 7.89. The van der Waals surface area contributed by atoms with Crippen molar-refractivity contribution in [2.45, 2.75) is 32.1 Å². The van der Waals surface area contributed by atoms with E-state index in [9.17, 15) is 8.42 Å². The molecule has 0 spiro atoms. The molecule has 1 aliphatic heterocycles. The highest BCUT2D eigenvalue weighted by atomic mass is 32.2. The lowest BCUT2D eigenvalue weighted by atomic mass is 10.1. The summed E-state index contributed by atoms with van der Waals surface area (Å²) in [6, 6.07) is 14.3. The fourth-order valence-electron chi connectivity index (χ4n) is 3.83. The van der Waals surface area contributed by atoms with Crippen molar-refractivity contribution in [2.75, 3.05) is 32.7 Å². The first-order valence-electron chi connectivity index (χ1n) is 9.22. The Morgan fingerprint density at radius 3 is 2.04 bits per heavy atom. The quantitative estimate of drug-likeness (QED) is 0.809. The molecule has 0 saturated carbocycles. The second kappa shape index (κ2) is 7.91. The van der Waals surface area contributed by atoms with Gasteiger partial charge in [-0.05, 0) is 43.9 Å². The van der Waals surface area contributed by atoms with Crippen molar-refractivity contribution in [3.05, 3.63) is 64.7 Å². The summed E-state index contributed by atoms with van der Waals surface area (Å²) in [7, 11) is -3.42. The predicted octanol–water partition coefficient (Wildman–Crippen LogP) is 3.16. The van der Waals surface area contributed by atoms with Crippen LogP contribution in [0.3, 0.4) is 0 Å². The summed E-state index contributed by atoms with van der Waals surface area (Å²) >= 11 is 0. The van der Waals surface area contributed by atoms with Gasteiger partial charge in [-0.3, -0.25) is 0 Å². The summed E-state index contributed by atoms with van der Waals surface area (Å²) in [5, 5.41) is 0. The molecule has 0 atom stereocenters. The van der Waals surface area contributed by atoms with Gasteiger partial charge in [0.2, 0.25) is 10.0 Å². The number of aryl methyl sites for hydroxylation is 3. The summed E-state index contributed by atoms with van der Waals surface area (Å²) in [4.78, 5) is 2.84. The molecule has 1 heterocycles. The molecule has 0 amide bonds. The third-order valence-corrected chi connectivity index (χ3v) is 7.30. The van der Waals surface area contributed by atoms with Crippen molar-refractivity contribution in [2.24, 2.45) is 0 Å². The predicted molar refractivity (Wildman–Crippen MR) is 106 cm³/mol. The van der Waals surface area contributed by atoms with Crippen LogP contribution in [0.25, 0.3) is 0 Å². The van der Waals surface area contributed by atoms with Crippen LogP contribution in [0.15, 0.2) is 47.4 Å². The molecule has 26 heavy (non-hydrogen) atoms. The Hall–Kier alpha value is -1.69. The maximum atomic E-state index is 13.1. The van der Waals surface area contributed by atoms with Crippen molar-refractivity contribution < 1.29 is 8.42 Å². The lowest BCUT2D eigenvalue weighted by Gasteiger charge is -2.34. The minimum atomic E-state index is -3.42. The van der Waals surface area contributed by atoms with E-state index in [1.807, 2.05) is 39.0 Å². The Morgan fingerprint density at radius 1 is 0.885 bits per heavy atom. The zero-order valence-corrected chi connectivity index (χ0v) is 16.7. The zero-order valence-electron chi connectivity index (χ0n) is 15.9. The van der Waals surface area contributed by atoms with Crippen molar-refractivity contribution in [1.82, 2.24) is 9.21 Å². The molecule has 2 aromatic carbocycles. The third-order valence-electron chi connectivity index (χ3n) is 5.09. The Morgan fingerprint density at radius 2 is 1.46 bits per heavy atom. The van der Waals surface area contributed by atoms with E-state index in [1.165, 1.54) is 5.56 Å². The second-order valence-corrected chi connectivity index (χ2v) is 9.08. The molecule has 140 valence electrons. The Bertz CT molecular complexity index is 832. The first-order valence-corrected chi connectivity index (χ1v) is 10.7. The Balaban J connectivity index is 1.64. The lowest BCUT2D eigenvalue weighted by Crippen LogP contribution is -2.49. The van der Waals surface area contributed by atoms with Crippen molar-refractivity contribution in [1.29, 1.82) is 0 Å². The fraction of sp³-hybridized carbons (Fsp3) is 0.429. The van der Waals surface area contributed by atoms with E-state index in [0.717, 1.165) is 42.7 Å². The van der Waals surface area contributed by atoms with Crippen LogP contribution in [0.5, 0.6) is 0 Å². The Kier molecular flexibility index (Phi) is 5.80. The summed E-state index contributed by atoms with van der Waals surface area (Å²) in [5.41, 5.74) is 4.11.